The van der Waals surface area contributed by atoms with Gasteiger partial charge in [0.1, 0.15) is 12.2 Å². The molecular weight excluding hydrogens is 297 g/mol. The van der Waals surface area contributed by atoms with Gasteiger partial charge in [0.2, 0.25) is 5.91 Å². The Morgan fingerprint density at radius 1 is 1.09 bits per heavy atom. The molecule has 1 N–H and O–H groups in total. The van der Waals surface area contributed by atoms with Crippen LogP contribution in [0.2, 0.25) is 0 Å². The van der Waals surface area contributed by atoms with Crippen molar-refractivity contribution in [1.82, 2.24) is 0 Å². The molecular formula is C18H16FNO3. The van der Waals surface area contributed by atoms with Crippen molar-refractivity contribution in [2.45, 2.75) is 6.42 Å². The molecule has 2 aromatic rings. The van der Waals surface area contributed by atoms with Crippen molar-refractivity contribution in [2.24, 2.45) is 0 Å². The molecule has 0 radical (unpaired) electrons. The molecule has 2 rings (SSSR count). The van der Waals surface area contributed by atoms with E-state index in [1.165, 1.54) is 19.2 Å². The van der Waals surface area contributed by atoms with Gasteiger partial charge in [-0.15, -0.1) is 0 Å². The van der Waals surface area contributed by atoms with Crippen molar-refractivity contribution in [3.8, 4) is 0 Å². The van der Waals surface area contributed by atoms with E-state index in [4.69, 9.17) is 0 Å². The predicted molar refractivity (Wildman–Crippen MR) is 87.0 cm³/mol. The molecule has 118 valence electrons. The van der Waals surface area contributed by atoms with Gasteiger partial charge in [0.15, 0.2) is 0 Å². The van der Waals surface area contributed by atoms with Crippen LogP contribution in [-0.4, -0.2) is 19.0 Å². The summed E-state index contributed by atoms with van der Waals surface area (Å²) in [5.41, 5.74) is 2.25. The first kappa shape index (κ1) is 16.4. The van der Waals surface area contributed by atoms with Gasteiger partial charge in [0, 0.05) is 5.69 Å². The molecule has 0 aliphatic heterocycles. The van der Waals surface area contributed by atoms with Crippen molar-refractivity contribution in [3.05, 3.63) is 65.5 Å². The predicted octanol–water partition coefficient (Wildman–Crippen LogP) is 3.50. The van der Waals surface area contributed by atoms with Crippen LogP contribution in [0.3, 0.4) is 0 Å². The molecule has 2 aromatic carbocycles. The monoisotopic (exact) mass is 313 g/mol. The Kier molecular flexibility index (Phi) is 5.63. The fourth-order valence-corrected chi connectivity index (χ4v) is 1.89. The van der Waals surface area contributed by atoms with Gasteiger partial charge in [0.25, 0.3) is 0 Å². The summed E-state index contributed by atoms with van der Waals surface area (Å²) in [6, 6.07) is 13.4. The van der Waals surface area contributed by atoms with Gasteiger partial charge in [0.05, 0.1) is 7.11 Å². The van der Waals surface area contributed by atoms with Crippen LogP contribution in [0.15, 0.2) is 48.5 Å². The fraction of sp³-hybridized carbons (Fsp3) is 0.111. The second-order valence-corrected chi connectivity index (χ2v) is 4.81. The Morgan fingerprint density at radius 2 is 1.78 bits per heavy atom. The maximum Gasteiger partial charge on any atom is 0.315 e. The van der Waals surface area contributed by atoms with E-state index in [1.807, 2.05) is 18.2 Å². The first-order chi connectivity index (χ1) is 11.1. The van der Waals surface area contributed by atoms with Crippen LogP contribution < -0.4 is 5.32 Å². The highest BCUT2D eigenvalue weighted by molar-refractivity contribution is 6.01. The van der Waals surface area contributed by atoms with Crippen molar-refractivity contribution in [3.63, 3.8) is 0 Å². The molecule has 0 aromatic heterocycles. The lowest BCUT2D eigenvalue weighted by Gasteiger charge is -2.04. The van der Waals surface area contributed by atoms with Gasteiger partial charge in [-0.1, -0.05) is 36.4 Å². The number of amides is 1. The standard InChI is InChI=1S/C18H16FNO3/c1-23-18(22)12-17(21)20-16-9-7-13(8-10-16)5-6-14-3-2-4-15(19)11-14/h2-11H,12H2,1H3,(H,20,21). The molecule has 0 fully saturated rings. The number of carbonyl (C=O) groups excluding carboxylic acids is 2. The number of hydrogen-bond acceptors (Lipinski definition) is 3. The minimum absolute atomic E-state index is 0.282. The first-order valence-corrected chi connectivity index (χ1v) is 6.97. The Morgan fingerprint density at radius 3 is 2.43 bits per heavy atom. The number of rotatable bonds is 5. The van der Waals surface area contributed by atoms with Crippen LogP contribution in [-0.2, 0) is 14.3 Å². The summed E-state index contributed by atoms with van der Waals surface area (Å²) in [7, 11) is 1.23. The third kappa shape index (κ3) is 5.39. The van der Waals surface area contributed by atoms with Gasteiger partial charge in [-0.2, -0.15) is 0 Å². The first-order valence-electron chi connectivity index (χ1n) is 6.97. The Labute approximate surface area is 133 Å². The highest BCUT2D eigenvalue weighted by Crippen LogP contribution is 2.13. The number of nitrogens with one attached hydrogen (secondary N) is 1. The van der Waals surface area contributed by atoms with Crippen LogP contribution >= 0.6 is 0 Å². The molecule has 4 nitrogen and oxygen atoms in total. The molecule has 0 atom stereocenters. The summed E-state index contributed by atoms with van der Waals surface area (Å²) in [5, 5.41) is 2.60. The van der Waals surface area contributed by atoms with E-state index < -0.39 is 11.9 Å². The van der Waals surface area contributed by atoms with Crippen LogP contribution in [0.4, 0.5) is 10.1 Å². The van der Waals surface area contributed by atoms with Crippen molar-refractivity contribution in [1.29, 1.82) is 0 Å². The molecule has 0 spiro atoms. The highest BCUT2D eigenvalue weighted by Gasteiger charge is 2.09. The van der Waals surface area contributed by atoms with E-state index in [1.54, 1.807) is 30.3 Å². The Hall–Kier alpha value is -2.95. The third-order valence-corrected chi connectivity index (χ3v) is 3.04. The zero-order chi connectivity index (χ0) is 16.7. The van der Waals surface area contributed by atoms with Gasteiger partial charge < -0.3 is 10.1 Å². The number of methoxy groups -OCH3 is 1. The third-order valence-electron chi connectivity index (χ3n) is 3.04. The van der Waals surface area contributed by atoms with E-state index >= 15 is 0 Å². The summed E-state index contributed by atoms with van der Waals surface area (Å²) < 4.78 is 17.5. The van der Waals surface area contributed by atoms with Gasteiger partial charge in [-0.3, -0.25) is 9.59 Å². The molecule has 0 saturated heterocycles. The summed E-state index contributed by atoms with van der Waals surface area (Å²) in [4.78, 5) is 22.5. The summed E-state index contributed by atoms with van der Waals surface area (Å²) in [6.45, 7) is 0. The zero-order valence-corrected chi connectivity index (χ0v) is 12.6. The molecule has 0 aliphatic carbocycles. The van der Waals surface area contributed by atoms with Crippen LogP contribution in [0.5, 0.6) is 0 Å². The Balaban J connectivity index is 1.96. The molecule has 1 amide bonds. The maximum atomic E-state index is 13.1. The van der Waals surface area contributed by atoms with E-state index in [2.05, 4.69) is 10.1 Å². The fourth-order valence-electron chi connectivity index (χ4n) is 1.89. The average Bonchev–Trinajstić information content (AvgIpc) is 2.54. The van der Waals surface area contributed by atoms with Crippen molar-refractivity contribution < 1.29 is 18.7 Å². The SMILES string of the molecule is COC(=O)CC(=O)Nc1ccc(C=Cc2cccc(F)c2)cc1. The molecule has 0 bridgehead atoms. The molecule has 0 saturated carbocycles. The number of ether oxygens (including phenoxy) is 1. The topological polar surface area (TPSA) is 55.4 Å². The Bertz CT molecular complexity index is 723. The number of benzene rings is 2. The largest absolute Gasteiger partial charge is 0.469 e. The molecule has 23 heavy (non-hydrogen) atoms. The average molecular weight is 313 g/mol. The summed E-state index contributed by atoms with van der Waals surface area (Å²) in [6.07, 6.45) is 3.32. The highest BCUT2D eigenvalue weighted by atomic mass is 19.1. The van der Waals surface area contributed by atoms with Gasteiger partial charge >= 0.3 is 5.97 Å². The number of esters is 1. The van der Waals surface area contributed by atoms with Crippen LogP contribution in [0, 0.1) is 5.82 Å². The molecule has 0 heterocycles. The minimum atomic E-state index is -0.586. The van der Waals surface area contributed by atoms with E-state index in [0.717, 1.165) is 11.1 Å². The molecule has 5 heteroatoms. The molecule has 0 aliphatic rings. The number of carbonyl (C=O) groups is 2. The van der Waals surface area contributed by atoms with E-state index in [9.17, 15) is 14.0 Å². The van der Waals surface area contributed by atoms with E-state index in [-0.39, 0.29) is 12.2 Å². The lowest BCUT2D eigenvalue weighted by atomic mass is 10.1. The zero-order valence-electron chi connectivity index (χ0n) is 12.6. The molecule has 0 unspecified atom stereocenters. The summed E-state index contributed by atoms with van der Waals surface area (Å²) >= 11 is 0. The second-order valence-electron chi connectivity index (χ2n) is 4.81. The minimum Gasteiger partial charge on any atom is -0.469 e. The normalized spacial score (nSPS) is 10.5. The number of hydrogen-bond donors (Lipinski definition) is 1. The second kappa shape index (κ2) is 7.89. The van der Waals surface area contributed by atoms with Crippen molar-refractivity contribution in [2.75, 3.05) is 12.4 Å². The smallest absolute Gasteiger partial charge is 0.315 e. The van der Waals surface area contributed by atoms with Crippen molar-refractivity contribution >= 4 is 29.7 Å². The lowest BCUT2D eigenvalue weighted by Crippen LogP contribution is -2.17. The van der Waals surface area contributed by atoms with Crippen LogP contribution in [0.25, 0.3) is 12.2 Å². The number of halogens is 1. The lowest BCUT2D eigenvalue weighted by molar-refractivity contribution is -0.142. The number of anilines is 1. The maximum absolute atomic E-state index is 13.1. The quantitative estimate of drug-likeness (QED) is 0.522. The van der Waals surface area contributed by atoms with Gasteiger partial charge in [-0.25, -0.2) is 4.39 Å². The van der Waals surface area contributed by atoms with Crippen LogP contribution in [0.1, 0.15) is 17.5 Å². The van der Waals surface area contributed by atoms with E-state index in [0.29, 0.717) is 5.69 Å². The summed E-state index contributed by atoms with van der Waals surface area (Å²) in [5.74, 6) is -1.30. The van der Waals surface area contributed by atoms with Gasteiger partial charge in [-0.05, 0) is 35.4 Å².